The molecule has 2 atom stereocenters. The molecule has 39 heavy (non-hydrogen) atoms. The lowest BCUT2D eigenvalue weighted by molar-refractivity contribution is -0.138. The van der Waals surface area contributed by atoms with Crippen LogP contribution in [0, 0.1) is 28.6 Å². The molecule has 2 aliphatic heterocycles. The fourth-order valence-corrected chi connectivity index (χ4v) is 6.86. The first kappa shape index (κ1) is 26.4. The second-order valence-electron chi connectivity index (χ2n) is 10.4. The zero-order chi connectivity index (χ0) is 27.7. The highest BCUT2D eigenvalue weighted by Gasteiger charge is 2.52. The number of benzene rings is 2. The van der Waals surface area contributed by atoms with E-state index in [0.29, 0.717) is 31.5 Å². The predicted molar refractivity (Wildman–Crippen MR) is 153 cm³/mol. The molecular formula is C30H32N6O2S. The number of guanidine groups is 1. The summed E-state index contributed by atoms with van der Waals surface area (Å²) in [7, 11) is 3.43. The van der Waals surface area contributed by atoms with E-state index in [1.807, 2.05) is 65.7 Å². The fraction of sp³-hybridized carbons (Fsp3) is 0.333. The summed E-state index contributed by atoms with van der Waals surface area (Å²) in [5.74, 6) is -0.340. The fourth-order valence-electron chi connectivity index (χ4n) is 5.79. The van der Waals surface area contributed by atoms with Crippen molar-refractivity contribution in [2.75, 3.05) is 32.1 Å². The maximum absolute atomic E-state index is 13.7. The number of carbonyl (C=O) groups excluding carboxylic acids is 2. The van der Waals surface area contributed by atoms with Gasteiger partial charge in [0.25, 0.3) is 0 Å². The summed E-state index contributed by atoms with van der Waals surface area (Å²) in [6, 6.07) is 21.3. The molecule has 2 N–H and O–H groups in total. The Balaban J connectivity index is 1.38. The zero-order valence-electron chi connectivity index (χ0n) is 22.3. The molecule has 0 aliphatic carbocycles. The van der Waals surface area contributed by atoms with Gasteiger partial charge in [0, 0.05) is 37.7 Å². The highest BCUT2D eigenvalue weighted by atomic mass is 32.1. The Morgan fingerprint density at radius 3 is 2.54 bits per heavy atom. The van der Waals surface area contributed by atoms with E-state index in [4.69, 9.17) is 5.41 Å². The Morgan fingerprint density at radius 1 is 1.13 bits per heavy atom. The molecule has 0 spiro atoms. The molecular weight excluding hydrogens is 508 g/mol. The molecule has 200 valence electrons. The number of piperidine rings is 1. The average Bonchev–Trinajstić information content (AvgIpc) is 3.48. The van der Waals surface area contributed by atoms with Crippen molar-refractivity contribution in [2.45, 2.75) is 25.3 Å². The maximum atomic E-state index is 13.7. The number of nitrogens with one attached hydrogen (secondary N) is 2. The number of hydrogen-bond donors (Lipinski definition) is 2. The van der Waals surface area contributed by atoms with Gasteiger partial charge in [0.2, 0.25) is 5.91 Å². The van der Waals surface area contributed by atoms with Gasteiger partial charge in [-0.05, 0) is 72.5 Å². The van der Waals surface area contributed by atoms with Crippen LogP contribution in [0.2, 0.25) is 0 Å². The topological polar surface area (TPSA) is 104 Å². The zero-order valence-corrected chi connectivity index (χ0v) is 23.2. The third kappa shape index (κ3) is 4.88. The van der Waals surface area contributed by atoms with Gasteiger partial charge in [-0.15, -0.1) is 11.3 Å². The van der Waals surface area contributed by atoms with E-state index in [1.54, 1.807) is 36.4 Å². The lowest BCUT2D eigenvalue weighted by Crippen LogP contribution is -2.65. The minimum Gasteiger partial charge on any atom is -0.345 e. The molecule has 0 unspecified atom stereocenters. The van der Waals surface area contributed by atoms with Gasteiger partial charge in [-0.1, -0.05) is 30.3 Å². The van der Waals surface area contributed by atoms with Crippen molar-refractivity contribution in [3.63, 3.8) is 0 Å². The number of para-hydroxylation sites is 1. The van der Waals surface area contributed by atoms with E-state index >= 15 is 0 Å². The third-order valence-corrected chi connectivity index (χ3v) is 9.25. The van der Waals surface area contributed by atoms with Crippen molar-refractivity contribution in [3.8, 4) is 17.2 Å². The van der Waals surface area contributed by atoms with Gasteiger partial charge < -0.3 is 10.2 Å². The number of carbonyl (C=O) groups is 2. The van der Waals surface area contributed by atoms with E-state index in [-0.39, 0.29) is 23.8 Å². The van der Waals surface area contributed by atoms with Crippen LogP contribution in [0.4, 0.5) is 10.5 Å². The van der Waals surface area contributed by atoms with Crippen LogP contribution >= 0.6 is 11.3 Å². The lowest BCUT2D eigenvalue weighted by atomic mass is 9.70. The van der Waals surface area contributed by atoms with Crippen molar-refractivity contribution in [1.82, 2.24) is 15.1 Å². The second-order valence-corrected chi connectivity index (χ2v) is 11.4. The van der Waals surface area contributed by atoms with Gasteiger partial charge in [0.1, 0.15) is 0 Å². The number of urea groups is 1. The molecule has 3 aromatic rings. The third-order valence-electron chi connectivity index (χ3n) is 8.08. The summed E-state index contributed by atoms with van der Waals surface area (Å²) in [5.41, 5.74) is 2.60. The minimum absolute atomic E-state index is 0.0445. The van der Waals surface area contributed by atoms with E-state index in [0.717, 1.165) is 21.7 Å². The average molecular weight is 541 g/mol. The van der Waals surface area contributed by atoms with Crippen LogP contribution in [0.1, 0.15) is 30.2 Å². The number of amides is 3. The number of thiophene rings is 1. The van der Waals surface area contributed by atoms with Crippen molar-refractivity contribution >= 4 is 34.9 Å². The molecule has 2 aliphatic rings. The molecule has 2 fully saturated rings. The summed E-state index contributed by atoms with van der Waals surface area (Å²) in [4.78, 5) is 32.8. The number of nitrogens with zero attached hydrogens (tertiary/aromatic N) is 4. The molecule has 0 radical (unpaired) electrons. The van der Waals surface area contributed by atoms with Crippen LogP contribution in [0.15, 0.2) is 66.0 Å². The molecule has 3 amide bonds. The summed E-state index contributed by atoms with van der Waals surface area (Å²) < 4.78 is 0. The number of hydrogen-bond acceptors (Lipinski definition) is 5. The summed E-state index contributed by atoms with van der Waals surface area (Å²) in [6.07, 6.45) is 1.40. The molecule has 3 heterocycles. The van der Waals surface area contributed by atoms with Crippen LogP contribution < -0.4 is 10.2 Å². The number of anilines is 1. The van der Waals surface area contributed by atoms with Gasteiger partial charge >= 0.3 is 6.03 Å². The van der Waals surface area contributed by atoms with E-state index in [9.17, 15) is 14.9 Å². The van der Waals surface area contributed by atoms with Crippen LogP contribution in [0.25, 0.3) is 11.1 Å². The van der Waals surface area contributed by atoms with Crippen LogP contribution in [-0.2, 0) is 10.3 Å². The summed E-state index contributed by atoms with van der Waals surface area (Å²) >= 11 is 1.56. The first-order valence-electron chi connectivity index (χ1n) is 13.0. The second kappa shape index (κ2) is 10.5. The quantitative estimate of drug-likeness (QED) is 0.481. The van der Waals surface area contributed by atoms with Gasteiger partial charge in [-0.25, -0.2) is 4.79 Å². The largest absolute Gasteiger partial charge is 0.345 e. The molecule has 1 aromatic heterocycles. The van der Waals surface area contributed by atoms with Gasteiger partial charge in [0.15, 0.2) is 5.96 Å². The number of rotatable bonds is 4. The standard InChI is InChI=1S/C30H32N6O2S/c1-30(25-17-23(19-39-25)22-9-7-8-20(16-22)18-31)26(27(37)35(3)28(32)33-30)21-12-14-36(15-13-21)29(38)34(2)24-10-5-4-6-11-24/h4-11,16-17,19,21,26H,12-15H2,1-3H3,(H2,32,33)/t26-,30+/m0/s1. The Kier molecular flexibility index (Phi) is 7.15. The molecule has 2 saturated heterocycles. The van der Waals surface area contributed by atoms with Crippen LogP contribution in [-0.4, -0.2) is 54.9 Å². The van der Waals surface area contributed by atoms with Gasteiger partial charge in [-0.3, -0.25) is 20.0 Å². The summed E-state index contributed by atoms with van der Waals surface area (Å²) in [6.45, 7) is 3.15. The first-order valence-corrected chi connectivity index (χ1v) is 13.9. The van der Waals surface area contributed by atoms with Crippen molar-refractivity contribution in [1.29, 1.82) is 10.7 Å². The highest BCUT2D eigenvalue weighted by molar-refractivity contribution is 7.10. The Hall–Kier alpha value is -4.16. The number of nitriles is 1. The minimum atomic E-state index is -0.770. The molecule has 8 nitrogen and oxygen atoms in total. The highest BCUT2D eigenvalue weighted by Crippen LogP contribution is 2.45. The smallest absolute Gasteiger partial charge is 0.324 e. The predicted octanol–water partition coefficient (Wildman–Crippen LogP) is 5.08. The SMILES string of the molecule is CN1C(=N)N[C@](C)(c2cc(-c3cccc(C#N)c3)cs2)[C@@H](C2CCN(C(=O)N(C)c3ccccc3)CC2)C1=O. The Bertz CT molecular complexity index is 1440. The Morgan fingerprint density at radius 2 is 1.85 bits per heavy atom. The first-order chi connectivity index (χ1) is 18.7. The summed E-state index contributed by atoms with van der Waals surface area (Å²) in [5, 5.41) is 23.2. The van der Waals surface area contributed by atoms with E-state index in [2.05, 4.69) is 17.5 Å². The van der Waals surface area contributed by atoms with Crippen molar-refractivity contribution in [2.24, 2.45) is 11.8 Å². The molecule has 0 saturated carbocycles. The maximum Gasteiger partial charge on any atom is 0.324 e. The van der Waals surface area contributed by atoms with Crippen LogP contribution in [0.5, 0.6) is 0 Å². The molecule has 5 rings (SSSR count). The van der Waals surface area contributed by atoms with Crippen LogP contribution in [0.3, 0.4) is 0 Å². The van der Waals surface area contributed by atoms with Crippen molar-refractivity contribution < 1.29 is 9.59 Å². The van der Waals surface area contributed by atoms with Gasteiger partial charge in [0.05, 0.1) is 23.1 Å². The van der Waals surface area contributed by atoms with Crippen molar-refractivity contribution in [3.05, 3.63) is 76.5 Å². The normalized spacial score (nSPS) is 21.8. The molecule has 0 bridgehead atoms. The Labute approximate surface area is 233 Å². The van der Waals surface area contributed by atoms with Gasteiger partial charge in [-0.2, -0.15) is 5.26 Å². The lowest BCUT2D eigenvalue weighted by Gasteiger charge is -2.49. The number of likely N-dealkylation sites (tertiary alicyclic amines) is 1. The molecule has 2 aromatic carbocycles. The van der Waals surface area contributed by atoms with E-state index < -0.39 is 11.5 Å². The van der Waals surface area contributed by atoms with E-state index in [1.165, 1.54) is 4.90 Å². The molecule has 9 heteroatoms. The monoisotopic (exact) mass is 540 g/mol.